The fraction of sp³-hybridized carbons (Fsp3) is 0.583. The van der Waals surface area contributed by atoms with Crippen molar-refractivity contribution in [3.63, 3.8) is 0 Å². The molecule has 18 heavy (non-hydrogen) atoms. The van der Waals surface area contributed by atoms with Gasteiger partial charge in [0.2, 0.25) is 10.8 Å². The summed E-state index contributed by atoms with van der Waals surface area (Å²) in [5, 5.41) is 14.5. The van der Waals surface area contributed by atoms with E-state index in [-0.39, 0.29) is 11.4 Å². The Morgan fingerprint density at radius 1 is 1.39 bits per heavy atom. The third-order valence-electron chi connectivity index (χ3n) is 3.46. The number of hydrogen-bond donors (Lipinski definition) is 1. The van der Waals surface area contributed by atoms with Crippen molar-refractivity contribution in [1.82, 2.24) is 14.6 Å². The summed E-state index contributed by atoms with van der Waals surface area (Å²) in [6.07, 6.45) is 7.37. The Labute approximate surface area is 108 Å². The van der Waals surface area contributed by atoms with Gasteiger partial charge in [-0.1, -0.05) is 43.4 Å². The molecule has 3 rings (SSSR count). The van der Waals surface area contributed by atoms with Crippen LogP contribution in [0.5, 0.6) is 5.88 Å². The maximum Gasteiger partial charge on any atom is 0.278 e. The SMILES string of the molecule is O=c1cc(O)nc2sc(CC3CCCCC3)nn12. The van der Waals surface area contributed by atoms with E-state index in [9.17, 15) is 9.90 Å². The summed E-state index contributed by atoms with van der Waals surface area (Å²) in [6, 6.07) is 1.09. The Balaban J connectivity index is 1.88. The molecule has 1 aliphatic carbocycles. The van der Waals surface area contributed by atoms with Gasteiger partial charge in [0.15, 0.2) is 0 Å². The maximum absolute atomic E-state index is 11.6. The first kappa shape index (κ1) is 11.6. The Morgan fingerprint density at radius 3 is 2.94 bits per heavy atom. The number of fused-ring (bicyclic) bond motifs is 1. The summed E-state index contributed by atoms with van der Waals surface area (Å²) in [5.41, 5.74) is -0.316. The summed E-state index contributed by atoms with van der Waals surface area (Å²) < 4.78 is 1.28. The molecule has 0 radical (unpaired) electrons. The van der Waals surface area contributed by atoms with Crippen LogP contribution in [0.25, 0.3) is 4.96 Å². The van der Waals surface area contributed by atoms with Crippen LogP contribution in [0.2, 0.25) is 0 Å². The third kappa shape index (κ3) is 2.25. The molecule has 0 bridgehead atoms. The number of rotatable bonds is 2. The number of aromatic hydroxyl groups is 1. The standard InChI is InChI=1S/C12H15N3O2S/c16-9-7-11(17)15-12(13-9)18-10(14-15)6-8-4-2-1-3-5-8/h7-8,16H,1-6H2. The van der Waals surface area contributed by atoms with Crippen molar-refractivity contribution in [3.8, 4) is 5.88 Å². The highest BCUT2D eigenvalue weighted by atomic mass is 32.1. The fourth-order valence-corrected chi connectivity index (χ4v) is 3.57. The number of nitrogens with zero attached hydrogens (tertiary/aromatic N) is 3. The van der Waals surface area contributed by atoms with E-state index >= 15 is 0 Å². The molecule has 1 aliphatic rings. The Hall–Kier alpha value is -1.43. The molecule has 0 unspecified atom stereocenters. The van der Waals surface area contributed by atoms with E-state index < -0.39 is 0 Å². The van der Waals surface area contributed by atoms with Crippen LogP contribution >= 0.6 is 11.3 Å². The molecule has 0 aromatic carbocycles. The van der Waals surface area contributed by atoms with Gasteiger partial charge in [-0.2, -0.15) is 14.6 Å². The molecule has 96 valence electrons. The van der Waals surface area contributed by atoms with E-state index in [1.807, 2.05) is 0 Å². The average Bonchev–Trinajstić information content (AvgIpc) is 2.73. The lowest BCUT2D eigenvalue weighted by molar-refractivity contribution is 0.355. The van der Waals surface area contributed by atoms with Gasteiger partial charge in [0.25, 0.3) is 5.56 Å². The van der Waals surface area contributed by atoms with Crippen LogP contribution in [0.4, 0.5) is 0 Å². The van der Waals surface area contributed by atoms with Crippen LogP contribution in [0, 0.1) is 5.92 Å². The summed E-state index contributed by atoms with van der Waals surface area (Å²) in [5.74, 6) is 0.455. The number of aromatic nitrogens is 3. The summed E-state index contributed by atoms with van der Waals surface area (Å²) in [6.45, 7) is 0. The van der Waals surface area contributed by atoms with Crippen LogP contribution in [0.15, 0.2) is 10.9 Å². The molecule has 0 aliphatic heterocycles. The highest BCUT2D eigenvalue weighted by Crippen LogP contribution is 2.28. The average molecular weight is 265 g/mol. The van der Waals surface area contributed by atoms with Gasteiger partial charge < -0.3 is 5.11 Å². The molecule has 6 heteroatoms. The Morgan fingerprint density at radius 2 is 2.17 bits per heavy atom. The molecule has 2 aromatic heterocycles. The highest BCUT2D eigenvalue weighted by molar-refractivity contribution is 7.16. The zero-order valence-corrected chi connectivity index (χ0v) is 10.8. The van der Waals surface area contributed by atoms with E-state index in [2.05, 4.69) is 10.1 Å². The molecule has 0 spiro atoms. The lowest BCUT2D eigenvalue weighted by Crippen LogP contribution is -2.14. The van der Waals surface area contributed by atoms with Crippen molar-refractivity contribution >= 4 is 16.3 Å². The van der Waals surface area contributed by atoms with Gasteiger partial charge in [-0.05, 0) is 5.92 Å². The molecule has 1 N–H and O–H groups in total. The Bertz CT molecular complexity index is 613. The normalized spacial score (nSPS) is 17.3. The van der Waals surface area contributed by atoms with Gasteiger partial charge in [-0.25, -0.2) is 0 Å². The Kier molecular flexibility index (Phi) is 3.03. The van der Waals surface area contributed by atoms with Crippen molar-refractivity contribution in [1.29, 1.82) is 0 Å². The van der Waals surface area contributed by atoms with E-state index in [4.69, 9.17) is 0 Å². The molecule has 1 saturated carbocycles. The first-order valence-corrected chi connectivity index (χ1v) is 7.13. The summed E-state index contributed by atoms with van der Waals surface area (Å²) >= 11 is 1.40. The molecule has 1 fully saturated rings. The van der Waals surface area contributed by atoms with E-state index in [1.54, 1.807) is 0 Å². The smallest absolute Gasteiger partial charge is 0.278 e. The van der Waals surface area contributed by atoms with Gasteiger partial charge in [0.05, 0.1) is 6.07 Å². The second-order valence-corrected chi connectivity index (χ2v) is 5.89. The van der Waals surface area contributed by atoms with Gasteiger partial charge in [-0.15, -0.1) is 0 Å². The quantitative estimate of drug-likeness (QED) is 0.901. The van der Waals surface area contributed by atoms with Crippen LogP contribution < -0.4 is 5.56 Å². The molecule has 0 atom stereocenters. The second-order valence-electron chi connectivity index (χ2n) is 4.85. The first-order valence-electron chi connectivity index (χ1n) is 6.31. The van der Waals surface area contributed by atoms with Crippen molar-refractivity contribution < 1.29 is 5.11 Å². The molecule has 2 heterocycles. The van der Waals surface area contributed by atoms with Gasteiger partial charge in [-0.3, -0.25) is 4.79 Å². The lowest BCUT2D eigenvalue weighted by atomic mass is 9.87. The number of hydrogen-bond acceptors (Lipinski definition) is 5. The van der Waals surface area contributed by atoms with E-state index in [0.29, 0.717) is 10.9 Å². The maximum atomic E-state index is 11.6. The van der Waals surface area contributed by atoms with Crippen LogP contribution in [-0.4, -0.2) is 19.7 Å². The minimum atomic E-state index is -0.316. The zero-order chi connectivity index (χ0) is 12.5. The topological polar surface area (TPSA) is 67.5 Å². The minimum Gasteiger partial charge on any atom is -0.493 e. The summed E-state index contributed by atoms with van der Waals surface area (Å²) in [7, 11) is 0. The van der Waals surface area contributed by atoms with Gasteiger partial charge in [0, 0.05) is 6.42 Å². The molecular formula is C12H15N3O2S. The zero-order valence-electron chi connectivity index (χ0n) is 10.0. The van der Waals surface area contributed by atoms with Gasteiger partial charge in [0.1, 0.15) is 5.01 Å². The van der Waals surface area contributed by atoms with Crippen LogP contribution in [0.3, 0.4) is 0 Å². The molecule has 5 nitrogen and oxygen atoms in total. The predicted octanol–water partition coefficient (Wildman–Crippen LogP) is 1.98. The molecular weight excluding hydrogens is 250 g/mol. The molecule has 0 saturated heterocycles. The van der Waals surface area contributed by atoms with Crippen molar-refractivity contribution in [2.45, 2.75) is 38.5 Å². The molecule has 0 amide bonds. The van der Waals surface area contributed by atoms with E-state index in [1.165, 1.54) is 48.0 Å². The van der Waals surface area contributed by atoms with E-state index in [0.717, 1.165) is 17.5 Å². The fourth-order valence-electron chi connectivity index (χ4n) is 2.56. The van der Waals surface area contributed by atoms with Crippen LogP contribution in [-0.2, 0) is 6.42 Å². The predicted molar refractivity (Wildman–Crippen MR) is 69.1 cm³/mol. The third-order valence-corrected chi connectivity index (χ3v) is 4.39. The van der Waals surface area contributed by atoms with Crippen molar-refractivity contribution in [2.24, 2.45) is 5.92 Å². The van der Waals surface area contributed by atoms with Crippen molar-refractivity contribution in [2.75, 3.05) is 0 Å². The monoisotopic (exact) mass is 265 g/mol. The minimum absolute atomic E-state index is 0.229. The largest absolute Gasteiger partial charge is 0.493 e. The highest BCUT2D eigenvalue weighted by Gasteiger charge is 2.17. The van der Waals surface area contributed by atoms with Gasteiger partial charge >= 0.3 is 0 Å². The second kappa shape index (κ2) is 4.68. The lowest BCUT2D eigenvalue weighted by Gasteiger charge is -2.19. The van der Waals surface area contributed by atoms with Crippen molar-refractivity contribution in [3.05, 3.63) is 21.4 Å². The molecule has 2 aromatic rings. The van der Waals surface area contributed by atoms with Crippen LogP contribution in [0.1, 0.15) is 37.1 Å². The first-order chi connectivity index (χ1) is 8.72. The summed E-state index contributed by atoms with van der Waals surface area (Å²) in [4.78, 5) is 16.0.